The van der Waals surface area contributed by atoms with Crippen molar-refractivity contribution in [1.29, 1.82) is 0 Å². The third kappa shape index (κ3) is 6.82. The zero-order chi connectivity index (χ0) is 22.4. The van der Waals surface area contributed by atoms with Gasteiger partial charge < -0.3 is 15.0 Å². The maximum Gasteiger partial charge on any atom is 0.261 e. The molecule has 0 aromatic heterocycles. The number of halogens is 1. The lowest BCUT2D eigenvalue weighted by Gasteiger charge is -2.29. The largest absolute Gasteiger partial charge is 0.484 e. The number of carbonyl (C=O) groups excluding carboxylic acids is 2. The van der Waals surface area contributed by atoms with Crippen molar-refractivity contribution in [1.82, 2.24) is 10.2 Å². The molecule has 0 unspecified atom stereocenters. The summed E-state index contributed by atoms with van der Waals surface area (Å²) in [5, 5.41) is 3.12. The van der Waals surface area contributed by atoms with Crippen LogP contribution in [0.1, 0.15) is 49.3 Å². The first kappa shape index (κ1) is 23.3. The van der Waals surface area contributed by atoms with Gasteiger partial charge in [-0.1, -0.05) is 47.0 Å². The number of benzene rings is 2. The first-order valence-corrected chi connectivity index (χ1v) is 11.7. The Morgan fingerprint density at radius 3 is 2.32 bits per heavy atom. The number of nitrogens with one attached hydrogen (secondary N) is 1. The van der Waals surface area contributed by atoms with Crippen LogP contribution in [0.2, 0.25) is 0 Å². The zero-order valence-electron chi connectivity index (χ0n) is 18.5. The summed E-state index contributed by atoms with van der Waals surface area (Å²) in [5.41, 5.74) is 3.13. The van der Waals surface area contributed by atoms with Gasteiger partial charge in [0.2, 0.25) is 5.91 Å². The molecule has 1 N–H and O–H groups in total. The maximum atomic E-state index is 13.2. The number of hydrogen-bond acceptors (Lipinski definition) is 3. The summed E-state index contributed by atoms with van der Waals surface area (Å²) in [6, 6.07) is 13.3. The van der Waals surface area contributed by atoms with Crippen molar-refractivity contribution in [2.45, 2.75) is 65.1 Å². The lowest BCUT2D eigenvalue weighted by molar-refractivity contribution is -0.142. The molecular weight excluding hydrogens is 456 g/mol. The molecule has 3 rings (SSSR count). The molecule has 2 amide bonds. The molecule has 1 atom stereocenters. The third-order valence-corrected chi connectivity index (χ3v) is 6.22. The van der Waals surface area contributed by atoms with Crippen LogP contribution in [0.5, 0.6) is 5.75 Å². The van der Waals surface area contributed by atoms with Crippen molar-refractivity contribution >= 4 is 27.7 Å². The van der Waals surface area contributed by atoms with Crippen LogP contribution in [-0.2, 0) is 16.1 Å². The first-order chi connectivity index (χ1) is 14.8. The SMILES string of the molecule is Cc1cc(C)cc(OCC(=O)N(Cc2ccc(Br)cc2)[C@H](C)C(=O)NC2CCCC2)c1. The highest BCUT2D eigenvalue weighted by Gasteiger charge is 2.28. The van der Waals surface area contributed by atoms with Crippen LogP contribution >= 0.6 is 15.9 Å². The van der Waals surface area contributed by atoms with E-state index >= 15 is 0 Å². The molecule has 1 aliphatic rings. The first-order valence-electron chi connectivity index (χ1n) is 10.9. The Balaban J connectivity index is 1.72. The number of hydrogen-bond donors (Lipinski definition) is 1. The minimum absolute atomic E-state index is 0.108. The topological polar surface area (TPSA) is 58.6 Å². The van der Waals surface area contributed by atoms with Crippen LogP contribution in [0.15, 0.2) is 46.9 Å². The van der Waals surface area contributed by atoms with E-state index < -0.39 is 6.04 Å². The molecule has 1 aliphatic carbocycles. The lowest BCUT2D eigenvalue weighted by atomic mass is 10.1. The van der Waals surface area contributed by atoms with Crippen LogP contribution in [0.4, 0.5) is 0 Å². The summed E-state index contributed by atoms with van der Waals surface area (Å²) in [7, 11) is 0. The minimum Gasteiger partial charge on any atom is -0.484 e. The fraction of sp³-hybridized carbons (Fsp3) is 0.440. The molecule has 5 nitrogen and oxygen atoms in total. The predicted molar refractivity (Wildman–Crippen MR) is 126 cm³/mol. The van der Waals surface area contributed by atoms with Crippen LogP contribution in [0, 0.1) is 13.8 Å². The Hall–Kier alpha value is -2.34. The molecule has 31 heavy (non-hydrogen) atoms. The lowest BCUT2D eigenvalue weighted by Crippen LogP contribution is -2.50. The van der Waals surface area contributed by atoms with Gasteiger partial charge in [-0.25, -0.2) is 0 Å². The van der Waals surface area contributed by atoms with E-state index in [0.717, 1.165) is 46.8 Å². The molecule has 0 spiro atoms. The highest BCUT2D eigenvalue weighted by atomic mass is 79.9. The van der Waals surface area contributed by atoms with Gasteiger partial charge in [0.15, 0.2) is 6.61 Å². The summed E-state index contributed by atoms with van der Waals surface area (Å²) >= 11 is 3.44. The predicted octanol–water partition coefficient (Wildman–Crippen LogP) is 4.92. The number of carbonyl (C=O) groups is 2. The van der Waals surface area contributed by atoms with Crippen molar-refractivity contribution in [3.63, 3.8) is 0 Å². The maximum absolute atomic E-state index is 13.2. The van der Waals surface area contributed by atoms with Gasteiger partial charge in [0.25, 0.3) is 5.91 Å². The number of ether oxygens (including phenoxy) is 1. The van der Waals surface area contributed by atoms with Crippen molar-refractivity contribution in [2.75, 3.05) is 6.61 Å². The monoisotopic (exact) mass is 486 g/mol. The van der Waals surface area contributed by atoms with Crippen molar-refractivity contribution < 1.29 is 14.3 Å². The summed E-state index contributed by atoms with van der Waals surface area (Å²) in [4.78, 5) is 27.7. The van der Waals surface area contributed by atoms with E-state index in [1.54, 1.807) is 11.8 Å². The third-order valence-electron chi connectivity index (χ3n) is 5.69. The number of aryl methyl sites for hydroxylation is 2. The average molecular weight is 487 g/mol. The van der Waals surface area contributed by atoms with Gasteiger partial charge in [0.1, 0.15) is 11.8 Å². The van der Waals surface area contributed by atoms with Crippen LogP contribution < -0.4 is 10.1 Å². The highest BCUT2D eigenvalue weighted by molar-refractivity contribution is 9.10. The second kappa shape index (κ2) is 10.8. The Bertz CT molecular complexity index is 887. The highest BCUT2D eigenvalue weighted by Crippen LogP contribution is 2.20. The molecule has 0 saturated heterocycles. The summed E-state index contributed by atoms with van der Waals surface area (Å²) in [6.07, 6.45) is 4.30. The van der Waals surface area contributed by atoms with E-state index in [1.807, 2.05) is 50.2 Å². The van der Waals surface area contributed by atoms with E-state index in [2.05, 4.69) is 27.3 Å². The van der Waals surface area contributed by atoms with Gasteiger partial charge in [-0.15, -0.1) is 0 Å². The Labute approximate surface area is 193 Å². The van der Waals surface area contributed by atoms with Gasteiger partial charge in [0, 0.05) is 17.1 Å². The molecular formula is C25H31BrN2O3. The van der Waals surface area contributed by atoms with Gasteiger partial charge >= 0.3 is 0 Å². The number of nitrogens with zero attached hydrogens (tertiary/aromatic N) is 1. The molecule has 0 aliphatic heterocycles. The van der Waals surface area contributed by atoms with Crippen molar-refractivity contribution in [3.8, 4) is 5.75 Å². The number of rotatable bonds is 8. The standard InChI is InChI=1S/C25H31BrN2O3/c1-17-12-18(2)14-23(13-17)31-16-24(29)28(15-20-8-10-21(26)11-9-20)19(3)25(30)27-22-6-4-5-7-22/h8-14,19,22H,4-7,15-16H2,1-3H3,(H,27,30)/t19-/m1/s1. The smallest absolute Gasteiger partial charge is 0.261 e. The Kier molecular flexibility index (Phi) is 8.13. The second-order valence-corrected chi connectivity index (χ2v) is 9.34. The fourth-order valence-electron chi connectivity index (χ4n) is 4.01. The zero-order valence-corrected chi connectivity index (χ0v) is 20.1. The quantitative estimate of drug-likeness (QED) is 0.575. The van der Waals surface area contributed by atoms with Gasteiger partial charge in [-0.05, 0) is 74.6 Å². The van der Waals surface area contributed by atoms with E-state index in [9.17, 15) is 9.59 Å². The van der Waals surface area contributed by atoms with Gasteiger partial charge in [-0.3, -0.25) is 9.59 Å². The molecule has 0 bridgehead atoms. The summed E-state index contributed by atoms with van der Waals surface area (Å²) in [5.74, 6) is 0.345. The Morgan fingerprint density at radius 1 is 1.10 bits per heavy atom. The summed E-state index contributed by atoms with van der Waals surface area (Å²) in [6.45, 7) is 6.02. The molecule has 1 saturated carbocycles. The molecule has 2 aromatic rings. The van der Waals surface area contributed by atoms with Gasteiger partial charge in [0.05, 0.1) is 0 Å². The summed E-state index contributed by atoms with van der Waals surface area (Å²) < 4.78 is 6.77. The molecule has 166 valence electrons. The van der Waals surface area contributed by atoms with Crippen LogP contribution in [0.25, 0.3) is 0 Å². The normalized spacial score (nSPS) is 14.8. The molecule has 0 radical (unpaired) electrons. The minimum atomic E-state index is -0.584. The fourth-order valence-corrected chi connectivity index (χ4v) is 4.27. The van der Waals surface area contributed by atoms with E-state index in [4.69, 9.17) is 4.74 Å². The van der Waals surface area contributed by atoms with Crippen LogP contribution in [0.3, 0.4) is 0 Å². The second-order valence-electron chi connectivity index (χ2n) is 8.43. The van der Waals surface area contributed by atoms with Crippen LogP contribution in [-0.4, -0.2) is 35.4 Å². The van der Waals surface area contributed by atoms with Crippen molar-refractivity contribution in [2.24, 2.45) is 0 Å². The van der Waals surface area contributed by atoms with E-state index in [-0.39, 0.29) is 24.5 Å². The Morgan fingerprint density at radius 2 is 1.71 bits per heavy atom. The van der Waals surface area contributed by atoms with E-state index in [1.165, 1.54) is 0 Å². The average Bonchev–Trinajstić information content (AvgIpc) is 3.23. The molecule has 1 fully saturated rings. The molecule has 6 heteroatoms. The van der Waals surface area contributed by atoms with Gasteiger partial charge in [-0.2, -0.15) is 0 Å². The molecule has 0 heterocycles. The molecule has 2 aromatic carbocycles. The van der Waals surface area contributed by atoms with Crippen molar-refractivity contribution in [3.05, 3.63) is 63.6 Å². The number of amides is 2. The van der Waals surface area contributed by atoms with E-state index in [0.29, 0.717) is 12.3 Å².